The first kappa shape index (κ1) is 13.7. The smallest absolute Gasteiger partial charge is 0.251 e. The Morgan fingerprint density at radius 2 is 1.82 bits per heavy atom. The van der Waals surface area contributed by atoms with E-state index in [1.165, 1.54) is 0 Å². The molecule has 1 aromatic carbocycles. The first-order chi connectivity index (χ1) is 8.19. The van der Waals surface area contributed by atoms with Gasteiger partial charge in [0.1, 0.15) is 6.10 Å². The van der Waals surface area contributed by atoms with Crippen molar-refractivity contribution in [2.24, 2.45) is 0 Å². The molecule has 0 aliphatic heterocycles. The van der Waals surface area contributed by atoms with Crippen molar-refractivity contribution in [3.8, 4) is 0 Å². The third-order valence-corrected chi connectivity index (χ3v) is 2.91. The van der Waals surface area contributed by atoms with E-state index in [0.29, 0.717) is 19.5 Å². The molecule has 0 spiro atoms. The maximum absolute atomic E-state index is 11.8. The topological polar surface area (TPSA) is 40.5 Å². The van der Waals surface area contributed by atoms with Crippen molar-refractivity contribution in [3.63, 3.8) is 0 Å². The van der Waals surface area contributed by atoms with E-state index in [9.17, 15) is 9.90 Å². The van der Waals surface area contributed by atoms with Gasteiger partial charge in [0.15, 0.2) is 0 Å². The van der Waals surface area contributed by atoms with Gasteiger partial charge in [0.25, 0.3) is 5.91 Å². The van der Waals surface area contributed by atoms with E-state index in [-0.39, 0.29) is 5.91 Å². The lowest BCUT2D eigenvalue weighted by atomic mass is 10.1. The van der Waals surface area contributed by atoms with E-state index in [4.69, 9.17) is 0 Å². The largest absolute Gasteiger partial charge is 0.383 e. The van der Waals surface area contributed by atoms with E-state index in [2.05, 4.69) is 0 Å². The van der Waals surface area contributed by atoms with Crippen LogP contribution >= 0.6 is 0 Å². The molecule has 0 radical (unpaired) electrons. The number of hydrogen-bond acceptors (Lipinski definition) is 2. The maximum Gasteiger partial charge on any atom is 0.251 e. The molecule has 1 amide bonds. The molecule has 17 heavy (non-hydrogen) atoms. The normalized spacial score (nSPS) is 12.2. The third-order valence-electron chi connectivity index (χ3n) is 2.91. The van der Waals surface area contributed by atoms with Crippen LogP contribution in [0.4, 0.5) is 0 Å². The minimum absolute atomic E-state index is 0.161. The molecule has 3 nitrogen and oxygen atoms in total. The summed E-state index contributed by atoms with van der Waals surface area (Å²) in [5.74, 6) is -0.161. The minimum Gasteiger partial charge on any atom is -0.383 e. The highest BCUT2D eigenvalue weighted by Crippen LogP contribution is 2.07. The van der Waals surface area contributed by atoms with Crippen molar-refractivity contribution in [3.05, 3.63) is 35.9 Å². The first-order valence-corrected chi connectivity index (χ1v) is 6.19. The number of carbonyl (C=O) groups excluding carboxylic acids is 1. The van der Waals surface area contributed by atoms with Crippen LogP contribution in [0.15, 0.2) is 30.3 Å². The number of benzene rings is 1. The minimum atomic E-state index is -0.880. The van der Waals surface area contributed by atoms with Crippen LogP contribution in [-0.2, 0) is 11.2 Å². The van der Waals surface area contributed by atoms with Crippen LogP contribution in [0.3, 0.4) is 0 Å². The lowest BCUT2D eigenvalue weighted by Gasteiger charge is -2.22. The molecule has 0 saturated carbocycles. The lowest BCUT2D eigenvalue weighted by molar-refractivity contribution is -0.140. The first-order valence-electron chi connectivity index (χ1n) is 6.19. The SMILES string of the molecule is CCN(CC)C(=O)C(O)CCc1ccccc1. The zero-order valence-electron chi connectivity index (χ0n) is 10.6. The Bertz CT molecular complexity index is 333. The van der Waals surface area contributed by atoms with Crippen LogP contribution in [0.25, 0.3) is 0 Å². The predicted molar refractivity (Wildman–Crippen MR) is 68.7 cm³/mol. The van der Waals surface area contributed by atoms with E-state index < -0.39 is 6.10 Å². The van der Waals surface area contributed by atoms with Crippen LogP contribution in [0.1, 0.15) is 25.8 Å². The van der Waals surface area contributed by atoms with E-state index >= 15 is 0 Å². The Balaban J connectivity index is 2.44. The Labute approximate surface area is 103 Å². The Morgan fingerprint density at radius 3 is 2.35 bits per heavy atom. The number of nitrogens with zero attached hydrogens (tertiary/aromatic N) is 1. The van der Waals surface area contributed by atoms with E-state index in [1.54, 1.807) is 4.90 Å². The lowest BCUT2D eigenvalue weighted by Crippen LogP contribution is -2.39. The summed E-state index contributed by atoms with van der Waals surface area (Å²) in [7, 11) is 0. The average molecular weight is 235 g/mol. The summed E-state index contributed by atoms with van der Waals surface area (Å²) in [5.41, 5.74) is 1.15. The molecule has 1 atom stereocenters. The van der Waals surface area contributed by atoms with Crippen molar-refractivity contribution in [2.75, 3.05) is 13.1 Å². The zero-order chi connectivity index (χ0) is 12.7. The molecule has 0 aliphatic carbocycles. The summed E-state index contributed by atoms with van der Waals surface area (Å²) in [6.45, 7) is 5.14. The van der Waals surface area contributed by atoms with Gasteiger partial charge in [-0.3, -0.25) is 4.79 Å². The van der Waals surface area contributed by atoms with Crippen molar-refractivity contribution < 1.29 is 9.90 Å². The Kier molecular flexibility index (Phi) is 5.70. The second-order valence-electron chi connectivity index (χ2n) is 4.05. The summed E-state index contributed by atoms with van der Waals surface area (Å²) in [5, 5.41) is 9.82. The highest BCUT2D eigenvalue weighted by atomic mass is 16.3. The summed E-state index contributed by atoms with van der Waals surface area (Å²) >= 11 is 0. The highest BCUT2D eigenvalue weighted by molar-refractivity contribution is 5.80. The molecular formula is C14H21NO2. The summed E-state index contributed by atoms with van der Waals surface area (Å²) in [6.07, 6.45) is 0.337. The van der Waals surface area contributed by atoms with Crippen LogP contribution in [0.5, 0.6) is 0 Å². The molecule has 0 saturated heterocycles. The van der Waals surface area contributed by atoms with Gasteiger partial charge in [0.2, 0.25) is 0 Å². The van der Waals surface area contributed by atoms with Crippen molar-refractivity contribution in [1.29, 1.82) is 0 Å². The number of hydrogen-bond donors (Lipinski definition) is 1. The van der Waals surface area contributed by atoms with Gasteiger partial charge in [0.05, 0.1) is 0 Å². The van der Waals surface area contributed by atoms with Crippen LogP contribution in [0.2, 0.25) is 0 Å². The van der Waals surface area contributed by atoms with Gasteiger partial charge in [-0.05, 0) is 32.3 Å². The van der Waals surface area contributed by atoms with Gasteiger partial charge in [-0.2, -0.15) is 0 Å². The quantitative estimate of drug-likeness (QED) is 0.817. The van der Waals surface area contributed by atoms with Crippen molar-refractivity contribution in [2.45, 2.75) is 32.8 Å². The number of aryl methyl sites for hydroxylation is 1. The number of aliphatic hydroxyl groups is 1. The summed E-state index contributed by atoms with van der Waals surface area (Å²) in [4.78, 5) is 13.5. The van der Waals surface area contributed by atoms with Gasteiger partial charge in [0, 0.05) is 13.1 Å². The fourth-order valence-corrected chi connectivity index (χ4v) is 1.82. The number of carbonyl (C=O) groups is 1. The molecule has 0 aliphatic rings. The Morgan fingerprint density at radius 1 is 1.24 bits per heavy atom. The maximum atomic E-state index is 11.8. The molecule has 0 heterocycles. The molecule has 0 aromatic heterocycles. The van der Waals surface area contributed by atoms with Crippen molar-refractivity contribution in [1.82, 2.24) is 4.90 Å². The molecule has 0 bridgehead atoms. The van der Waals surface area contributed by atoms with Crippen LogP contribution < -0.4 is 0 Å². The molecule has 1 rings (SSSR count). The molecule has 1 unspecified atom stereocenters. The second-order valence-corrected chi connectivity index (χ2v) is 4.05. The molecule has 94 valence electrons. The van der Waals surface area contributed by atoms with Gasteiger partial charge in [-0.15, -0.1) is 0 Å². The standard InChI is InChI=1S/C14H21NO2/c1-3-15(4-2)14(17)13(16)11-10-12-8-6-5-7-9-12/h5-9,13,16H,3-4,10-11H2,1-2H3. The molecule has 0 fully saturated rings. The van der Waals surface area contributed by atoms with Gasteiger partial charge >= 0.3 is 0 Å². The number of amides is 1. The predicted octanol–water partition coefficient (Wildman–Crippen LogP) is 1.85. The fraction of sp³-hybridized carbons (Fsp3) is 0.500. The van der Waals surface area contributed by atoms with Gasteiger partial charge in [-0.25, -0.2) is 0 Å². The summed E-state index contributed by atoms with van der Waals surface area (Å²) < 4.78 is 0. The molecular weight excluding hydrogens is 214 g/mol. The number of rotatable bonds is 6. The third kappa shape index (κ3) is 4.19. The monoisotopic (exact) mass is 235 g/mol. The van der Waals surface area contributed by atoms with Crippen LogP contribution in [0, 0.1) is 0 Å². The number of aliphatic hydroxyl groups excluding tert-OH is 1. The van der Waals surface area contributed by atoms with Crippen molar-refractivity contribution >= 4 is 5.91 Å². The summed E-state index contributed by atoms with van der Waals surface area (Å²) in [6, 6.07) is 9.91. The highest BCUT2D eigenvalue weighted by Gasteiger charge is 2.19. The zero-order valence-corrected chi connectivity index (χ0v) is 10.6. The molecule has 1 N–H and O–H groups in total. The number of likely N-dealkylation sites (N-methyl/N-ethyl adjacent to an activating group) is 1. The molecule has 3 heteroatoms. The Hall–Kier alpha value is -1.35. The van der Waals surface area contributed by atoms with Gasteiger partial charge < -0.3 is 10.0 Å². The average Bonchev–Trinajstić information content (AvgIpc) is 2.38. The van der Waals surface area contributed by atoms with E-state index in [0.717, 1.165) is 12.0 Å². The molecule has 1 aromatic rings. The second kappa shape index (κ2) is 7.07. The van der Waals surface area contributed by atoms with E-state index in [1.807, 2.05) is 44.2 Å². The fourth-order valence-electron chi connectivity index (χ4n) is 1.82. The van der Waals surface area contributed by atoms with Gasteiger partial charge in [-0.1, -0.05) is 30.3 Å². The van der Waals surface area contributed by atoms with Crippen LogP contribution in [-0.4, -0.2) is 35.1 Å².